The van der Waals surface area contributed by atoms with Crippen LogP contribution >= 0.6 is 0 Å². The highest BCUT2D eigenvalue weighted by Crippen LogP contribution is 2.36. The molecule has 0 aliphatic heterocycles. The molecule has 1 N–H and O–H groups in total. The van der Waals surface area contributed by atoms with Crippen LogP contribution in [-0.4, -0.2) is 26.1 Å². The minimum absolute atomic E-state index is 0.0624. The van der Waals surface area contributed by atoms with Crippen molar-refractivity contribution in [2.24, 2.45) is 0 Å². The Kier molecular flexibility index (Phi) is 4.46. The number of hydrogen-bond acceptors (Lipinski definition) is 4. The Bertz CT molecular complexity index is 647. The molecule has 0 radical (unpaired) electrons. The molecule has 22 heavy (non-hydrogen) atoms. The number of amides is 1. The molecule has 1 aliphatic rings. The average molecular weight is 299 g/mol. The summed E-state index contributed by atoms with van der Waals surface area (Å²) >= 11 is 0. The lowest BCUT2D eigenvalue weighted by atomic mass is 10.1. The second-order valence-electron chi connectivity index (χ2n) is 5.76. The van der Waals surface area contributed by atoms with Crippen LogP contribution in [0.2, 0.25) is 0 Å². The minimum Gasteiger partial charge on any atom is -0.326 e. The smallest absolute Gasteiger partial charge is 0.224 e. The number of aromatic nitrogens is 4. The second-order valence-corrected chi connectivity index (χ2v) is 5.76. The van der Waals surface area contributed by atoms with Crippen molar-refractivity contribution < 1.29 is 4.79 Å². The molecule has 1 aromatic carbocycles. The normalized spacial score (nSPS) is 14.0. The summed E-state index contributed by atoms with van der Waals surface area (Å²) in [4.78, 5) is 11.9. The highest BCUT2D eigenvalue weighted by atomic mass is 16.1. The first-order chi connectivity index (χ1) is 10.8. The van der Waals surface area contributed by atoms with Crippen molar-refractivity contribution in [2.45, 2.75) is 51.5 Å². The first kappa shape index (κ1) is 14.7. The fourth-order valence-electron chi connectivity index (χ4n) is 2.44. The van der Waals surface area contributed by atoms with Gasteiger partial charge in [0.15, 0.2) is 5.82 Å². The van der Waals surface area contributed by atoms with Crippen molar-refractivity contribution in [3.8, 4) is 11.4 Å². The number of unbranched alkanes of at least 4 members (excludes halogenated alkanes) is 2. The molecule has 1 heterocycles. The molecule has 1 fully saturated rings. The molecule has 116 valence electrons. The Morgan fingerprint density at radius 2 is 2.23 bits per heavy atom. The zero-order valence-corrected chi connectivity index (χ0v) is 12.8. The summed E-state index contributed by atoms with van der Waals surface area (Å²) in [5.41, 5.74) is 1.73. The Balaban J connectivity index is 1.69. The van der Waals surface area contributed by atoms with Gasteiger partial charge in [0.1, 0.15) is 0 Å². The van der Waals surface area contributed by atoms with Crippen LogP contribution in [-0.2, 0) is 4.79 Å². The van der Waals surface area contributed by atoms with Gasteiger partial charge in [-0.05, 0) is 41.8 Å². The lowest BCUT2D eigenvalue weighted by Crippen LogP contribution is -2.11. The monoisotopic (exact) mass is 299 g/mol. The van der Waals surface area contributed by atoms with Crippen molar-refractivity contribution >= 4 is 11.6 Å². The Hall–Kier alpha value is -2.24. The highest BCUT2D eigenvalue weighted by Gasteiger charge is 2.28. The van der Waals surface area contributed by atoms with Crippen molar-refractivity contribution in [3.05, 3.63) is 24.3 Å². The van der Waals surface area contributed by atoms with Crippen LogP contribution in [0.1, 0.15) is 51.5 Å². The largest absolute Gasteiger partial charge is 0.326 e. The van der Waals surface area contributed by atoms with Gasteiger partial charge in [-0.2, -0.15) is 0 Å². The van der Waals surface area contributed by atoms with Crippen LogP contribution in [0.3, 0.4) is 0 Å². The predicted octanol–water partition coefficient (Wildman–Crippen LogP) is 3.19. The fraction of sp³-hybridized carbons (Fsp3) is 0.500. The third-order valence-corrected chi connectivity index (χ3v) is 3.80. The number of carbonyl (C=O) groups is 1. The van der Waals surface area contributed by atoms with Gasteiger partial charge >= 0.3 is 0 Å². The van der Waals surface area contributed by atoms with E-state index in [0.717, 1.165) is 49.2 Å². The van der Waals surface area contributed by atoms with E-state index in [4.69, 9.17) is 0 Å². The number of hydrogen-bond donors (Lipinski definition) is 1. The summed E-state index contributed by atoms with van der Waals surface area (Å²) in [7, 11) is 0. The van der Waals surface area contributed by atoms with Crippen LogP contribution in [0.4, 0.5) is 5.69 Å². The highest BCUT2D eigenvalue weighted by molar-refractivity contribution is 5.91. The van der Waals surface area contributed by atoms with Gasteiger partial charge in [0, 0.05) is 17.7 Å². The van der Waals surface area contributed by atoms with Crippen LogP contribution in [0, 0.1) is 0 Å². The Labute approximate surface area is 129 Å². The molecular formula is C16H21N5O. The number of nitrogens with zero attached hydrogens (tertiary/aromatic N) is 4. The fourth-order valence-corrected chi connectivity index (χ4v) is 2.44. The molecule has 0 unspecified atom stereocenters. The topological polar surface area (TPSA) is 72.7 Å². The van der Waals surface area contributed by atoms with Crippen LogP contribution in [0.5, 0.6) is 0 Å². The number of benzene rings is 1. The van der Waals surface area contributed by atoms with Gasteiger partial charge in [-0.3, -0.25) is 4.79 Å². The molecule has 0 atom stereocenters. The average Bonchev–Trinajstić information content (AvgIpc) is 3.25. The number of tetrazole rings is 1. The molecule has 1 amide bonds. The van der Waals surface area contributed by atoms with Gasteiger partial charge in [0.2, 0.25) is 5.91 Å². The van der Waals surface area contributed by atoms with E-state index in [1.807, 2.05) is 28.9 Å². The maximum atomic E-state index is 11.9. The molecule has 0 bridgehead atoms. The summed E-state index contributed by atoms with van der Waals surface area (Å²) in [6.45, 7) is 2.13. The van der Waals surface area contributed by atoms with E-state index in [-0.39, 0.29) is 5.91 Å². The Morgan fingerprint density at radius 3 is 3.00 bits per heavy atom. The first-order valence-electron chi connectivity index (χ1n) is 7.96. The lowest BCUT2D eigenvalue weighted by molar-refractivity contribution is -0.116. The van der Waals surface area contributed by atoms with Gasteiger partial charge in [-0.15, -0.1) is 5.10 Å². The van der Waals surface area contributed by atoms with E-state index in [1.54, 1.807) is 0 Å². The van der Waals surface area contributed by atoms with Crippen LogP contribution < -0.4 is 5.32 Å². The Morgan fingerprint density at radius 1 is 1.36 bits per heavy atom. The molecule has 2 aromatic rings. The summed E-state index contributed by atoms with van der Waals surface area (Å²) in [6, 6.07) is 8.15. The molecule has 6 heteroatoms. The molecule has 0 saturated heterocycles. The minimum atomic E-state index is 0.0624. The maximum absolute atomic E-state index is 11.9. The van der Waals surface area contributed by atoms with Gasteiger partial charge in [0.25, 0.3) is 0 Å². The van der Waals surface area contributed by atoms with E-state index >= 15 is 0 Å². The lowest BCUT2D eigenvalue weighted by Gasteiger charge is -2.07. The van der Waals surface area contributed by atoms with Crippen molar-refractivity contribution in [1.82, 2.24) is 20.2 Å². The van der Waals surface area contributed by atoms with Crippen LogP contribution in [0.25, 0.3) is 11.4 Å². The SMILES string of the molecule is CCCCCC(=O)Nc1cccc(-c2nnnn2C2CC2)c1. The molecule has 1 aliphatic carbocycles. The first-order valence-corrected chi connectivity index (χ1v) is 7.96. The molecule has 6 nitrogen and oxygen atoms in total. The number of rotatable bonds is 7. The molecule has 3 rings (SSSR count). The molecule has 1 aromatic heterocycles. The van der Waals surface area contributed by atoms with Crippen molar-refractivity contribution in [3.63, 3.8) is 0 Å². The van der Waals surface area contributed by atoms with E-state index in [2.05, 4.69) is 27.8 Å². The zero-order valence-electron chi connectivity index (χ0n) is 12.8. The van der Waals surface area contributed by atoms with E-state index in [0.29, 0.717) is 12.5 Å². The molecule has 0 spiro atoms. The van der Waals surface area contributed by atoms with E-state index in [9.17, 15) is 4.79 Å². The second kappa shape index (κ2) is 6.68. The quantitative estimate of drug-likeness (QED) is 0.797. The van der Waals surface area contributed by atoms with Gasteiger partial charge in [0.05, 0.1) is 6.04 Å². The summed E-state index contributed by atoms with van der Waals surface area (Å²) in [5.74, 6) is 0.831. The van der Waals surface area contributed by atoms with E-state index in [1.165, 1.54) is 0 Å². The number of anilines is 1. The zero-order chi connectivity index (χ0) is 15.4. The maximum Gasteiger partial charge on any atom is 0.224 e. The number of carbonyl (C=O) groups excluding carboxylic acids is 1. The number of nitrogens with one attached hydrogen (secondary N) is 1. The van der Waals surface area contributed by atoms with Crippen molar-refractivity contribution in [1.29, 1.82) is 0 Å². The summed E-state index contributed by atoms with van der Waals surface area (Å²) < 4.78 is 1.88. The third-order valence-electron chi connectivity index (χ3n) is 3.80. The van der Waals surface area contributed by atoms with Crippen molar-refractivity contribution in [2.75, 3.05) is 5.32 Å². The van der Waals surface area contributed by atoms with E-state index < -0.39 is 0 Å². The molecular weight excluding hydrogens is 278 g/mol. The predicted molar refractivity (Wildman–Crippen MR) is 84.3 cm³/mol. The van der Waals surface area contributed by atoms with Gasteiger partial charge in [-0.1, -0.05) is 31.9 Å². The van der Waals surface area contributed by atoms with Crippen LogP contribution in [0.15, 0.2) is 24.3 Å². The van der Waals surface area contributed by atoms with Gasteiger partial charge in [-0.25, -0.2) is 4.68 Å². The molecule has 1 saturated carbocycles. The summed E-state index contributed by atoms with van der Waals surface area (Å²) in [5, 5.41) is 14.9. The summed E-state index contributed by atoms with van der Waals surface area (Å²) in [6.07, 6.45) is 5.97. The van der Waals surface area contributed by atoms with Gasteiger partial charge < -0.3 is 5.32 Å². The standard InChI is InChI=1S/C16H21N5O/c1-2-3-4-8-15(22)17-13-7-5-6-12(11-13)16-18-19-20-21(16)14-9-10-14/h5-7,11,14H,2-4,8-10H2,1H3,(H,17,22). The third kappa shape index (κ3) is 3.50.